The molecule has 13 heavy (non-hydrogen) atoms. The SMILES string of the molecule is FC(F)C(F)(F)CC1CCNCC1. The lowest BCUT2D eigenvalue weighted by atomic mass is 9.92. The molecule has 0 aliphatic carbocycles. The maximum Gasteiger partial charge on any atom is 0.307 e. The quantitative estimate of drug-likeness (QED) is 0.687. The summed E-state index contributed by atoms with van der Waals surface area (Å²) in [6.45, 7) is 1.31. The molecular formula is C8H13F4N. The molecule has 0 radical (unpaired) electrons. The van der Waals surface area contributed by atoms with Gasteiger partial charge in [0.25, 0.3) is 0 Å². The number of nitrogens with one attached hydrogen (secondary N) is 1. The molecule has 1 fully saturated rings. The monoisotopic (exact) mass is 199 g/mol. The van der Waals surface area contributed by atoms with Gasteiger partial charge in [0.1, 0.15) is 0 Å². The second-order valence-electron chi connectivity index (χ2n) is 3.46. The second-order valence-corrected chi connectivity index (χ2v) is 3.46. The Morgan fingerprint density at radius 2 is 1.77 bits per heavy atom. The average molecular weight is 199 g/mol. The van der Waals surface area contributed by atoms with Crippen LogP contribution in [0.5, 0.6) is 0 Å². The van der Waals surface area contributed by atoms with E-state index in [4.69, 9.17) is 0 Å². The van der Waals surface area contributed by atoms with Crippen LogP contribution in [0.25, 0.3) is 0 Å². The number of alkyl halides is 4. The molecule has 78 valence electrons. The van der Waals surface area contributed by atoms with Gasteiger partial charge < -0.3 is 5.32 Å². The molecule has 0 aromatic carbocycles. The Kier molecular flexibility index (Phi) is 3.53. The highest BCUT2D eigenvalue weighted by atomic mass is 19.3. The van der Waals surface area contributed by atoms with Gasteiger partial charge in [-0.15, -0.1) is 0 Å². The number of piperidine rings is 1. The van der Waals surface area contributed by atoms with Gasteiger partial charge in [0.15, 0.2) is 0 Å². The van der Waals surface area contributed by atoms with Crippen LogP contribution in [0.3, 0.4) is 0 Å². The Bertz CT molecular complexity index is 154. The minimum absolute atomic E-state index is 0.259. The van der Waals surface area contributed by atoms with E-state index in [0.29, 0.717) is 25.9 Å². The molecule has 0 atom stereocenters. The van der Waals surface area contributed by atoms with Crippen molar-refractivity contribution < 1.29 is 17.6 Å². The Labute approximate surface area is 74.5 Å². The number of rotatable bonds is 3. The van der Waals surface area contributed by atoms with E-state index < -0.39 is 18.8 Å². The van der Waals surface area contributed by atoms with Crippen LogP contribution in [-0.2, 0) is 0 Å². The molecule has 1 aliphatic rings. The zero-order valence-electron chi connectivity index (χ0n) is 7.20. The summed E-state index contributed by atoms with van der Waals surface area (Å²) in [6, 6.07) is 0. The van der Waals surface area contributed by atoms with Crippen molar-refractivity contribution in [3.05, 3.63) is 0 Å². The van der Waals surface area contributed by atoms with Crippen molar-refractivity contribution in [3.63, 3.8) is 0 Å². The summed E-state index contributed by atoms with van der Waals surface area (Å²) in [4.78, 5) is 0. The van der Waals surface area contributed by atoms with E-state index in [1.807, 2.05) is 0 Å². The number of hydrogen-bond donors (Lipinski definition) is 1. The van der Waals surface area contributed by atoms with E-state index in [0.717, 1.165) is 0 Å². The molecular weight excluding hydrogens is 186 g/mol. The third kappa shape index (κ3) is 3.14. The fourth-order valence-corrected chi connectivity index (χ4v) is 1.56. The topological polar surface area (TPSA) is 12.0 Å². The van der Waals surface area contributed by atoms with E-state index in [1.54, 1.807) is 0 Å². The van der Waals surface area contributed by atoms with Gasteiger partial charge in [-0.1, -0.05) is 0 Å². The van der Waals surface area contributed by atoms with Crippen LogP contribution in [0.2, 0.25) is 0 Å². The molecule has 0 spiro atoms. The zero-order chi connectivity index (χ0) is 9.90. The summed E-state index contributed by atoms with van der Waals surface area (Å²) in [5.74, 6) is -4.06. The highest BCUT2D eigenvalue weighted by Crippen LogP contribution is 2.33. The van der Waals surface area contributed by atoms with Crippen molar-refractivity contribution in [1.82, 2.24) is 5.32 Å². The number of hydrogen-bond acceptors (Lipinski definition) is 1. The fraction of sp³-hybridized carbons (Fsp3) is 1.00. The van der Waals surface area contributed by atoms with Gasteiger partial charge in [0.2, 0.25) is 0 Å². The molecule has 0 bridgehead atoms. The van der Waals surface area contributed by atoms with Gasteiger partial charge in [-0.3, -0.25) is 0 Å². The highest BCUT2D eigenvalue weighted by molar-refractivity contribution is 4.77. The molecule has 1 aliphatic heterocycles. The first kappa shape index (κ1) is 10.8. The van der Waals surface area contributed by atoms with Crippen molar-refractivity contribution >= 4 is 0 Å². The summed E-state index contributed by atoms with van der Waals surface area (Å²) in [7, 11) is 0. The molecule has 1 heterocycles. The van der Waals surface area contributed by atoms with Gasteiger partial charge in [0.05, 0.1) is 0 Å². The van der Waals surface area contributed by atoms with Gasteiger partial charge in [-0.25, -0.2) is 17.6 Å². The first-order valence-electron chi connectivity index (χ1n) is 4.39. The van der Waals surface area contributed by atoms with Crippen molar-refractivity contribution in [1.29, 1.82) is 0 Å². The molecule has 0 amide bonds. The molecule has 5 heteroatoms. The van der Waals surface area contributed by atoms with Crippen LogP contribution in [0.4, 0.5) is 17.6 Å². The van der Waals surface area contributed by atoms with Crippen LogP contribution in [0.15, 0.2) is 0 Å². The van der Waals surface area contributed by atoms with Gasteiger partial charge in [0, 0.05) is 6.42 Å². The van der Waals surface area contributed by atoms with Crippen molar-refractivity contribution in [2.45, 2.75) is 31.6 Å². The smallest absolute Gasteiger partial charge is 0.307 e. The van der Waals surface area contributed by atoms with Crippen LogP contribution in [-0.4, -0.2) is 25.4 Å². The van der Waals surface area contributed by atoms with Crippen molar-refractivity contribution in [2.24, 2.45) is 5.92 Å². The van der Waals surface area contributed by atoms with Crippen LogP contribution in [0, 0.1) is 5.92 Å². The molecule has 0 saturated carbocycles. The minimum atomic E-state index is -3.80. The van der Waals surface area contributed by atoms with Crippen molar-refractivity contribution in [3.8, 4) is 0 Å². The van der Waals surface area contributed by atoms with Crippen LogP contribution >= 0.6 is 0 Å². The standard InChI is InChI=1S/C8H13F4N/c9-7(10)8(11,12)5-6-1-3-13-4-2-6/h6-7,13H,1-5H2. The van der Waals surface area contributed by atoms with Gasteiger partial charge in [-0.05, 0) is 31.8 Å². The van der Waals surface area contributed by atoms with E-state index >= 15 is 0 Å². The summed E-state index contributed by atoms with van der Waals surface area (Å²) in [6.07, 6.45) is -3.06. The van der Waals surface area contributed by atoms with Crippen LogP contribution < -0.4 is 5.32 Å². The molecule has 1 N–H and O–H groups in total. The lowest BCUT2D eigenvalue weighted by molar-refractivity contribution is -0.142. The maximum atomic E-state index is 12.6. The van der Waals surface area contributed by atoms with Gasteiger partial charge >= 0.3 is 12.3 Å². The van der Waals surface area contributed by atoms with Gasteiger partial charge in [-0.2, -0.15) is 0 Å². The van der Waals surface area contributed by atoms with Crippen molar-refractivity contribution in [2.75, 3.05) is 13.1 Å². The molecule has 1 saturated heterocycles. The largest absolute Gasteiger partial charge is 0.317 e. The first-order valence-corrected chi connectivity index (χ1v) is 4.39. The van der Waals surface area contributed by atoms with E-state index in [2.05, 4.69) is 5.32 Å². The molecule has 0 aromatic rings. The van der Waals surface area contributed by atoms with E-state index in [9.17, 15) is 17.6 Å². The summed E-state index contributed by atoms with van der Waals surface area (Å²) < 4.78 is 48.7. The van der Waals surface area contributed by atoms with E-state index in [1.165, 1.54) is 0 Å². The second kappa shape index (κ2) is 4.26. The predicted octanol–water partition coefficient (Wildman–Crippen LogP) is 2.28. The lowest BCUT2D eigenvalue weighted by Gasteiger charge is -2.26. The normalized spacial score (nSPS) is 21.0. The number of halogens is 4. The summed E-state index contributed by atoms with van der Waals surface area (Å²) >= 11 is 0. The summed E-state index contributed by atoms with van der Waals surface area (Å²) in [5.41, 5.74) is 0. The highest BCUT2D eigenvalue weighted by Gasteiger charge is 2.42. The Morgan fingerprint density at radius 1 is 1.23 bits per heavy atom. The van der Waals surface area contributed by atoms with Crippen LogP contribution in [0.1, 0.15) is 19.3 Å². The lowest BCUT2D eigenvalue weighted by Crippen LogP contribution is -2.34. The minimum Gasteiger partial charge on any atom is -0.317 e. The Hall–Kier alpha value is -0.320. The zero-order valence-corrected chi connectivity index (χ0v) is 7.20. The third-order valence-electron chi connectivity index (χ3n) is 2.34. The molecule has 1 nitrogen and oxygen atoms in total. The average Bonchev–Trinajstić information content (AvgIpc) is 2.05. The first-order chi connectivity index (χ1) is 6.02. The maximum absolute atomic E-state index is 12.6. The predicted molar refractivity (Wildman–Crippen MR) is 41.2 cm³/mol. The summed E-state index contributed by atoms with van der Waals surface area (Å²) in [5, 5.41) is 3.00. The van der Waals surface area contributed by atoms with E-state index in [-0.39, 0.29) is 5.92 Å². The fourth-order valence-electron chi connectivity index (χ4n) is 1.56. The Morgan fingerprint density at radius 3 is 2.23 bits per heavy atom. The molecule has 0 unspecified atom stereocenters. The molecule has 1 rings (SSSR count). The Balaban J connectivity index is 2.37. The third-order valence-corrected chi connectivity index (χ3v) is 2.34. The molecule has 0 aromatic heterocycles.